The van der Waals surface area contributed by atoms with Gasteiger partial charge in [-0.2, -0.15) is 0 Å². The maximum atomic E-state index is 13.4. The molecule has 15 heavy (non-hydrogen) atoms. The molecule has 0 radical (unpaired) electrons. The van der Waals surface area contributed by atoms with Crippen molar-refractivity contribution in [3.63, 3.8) is 0 Å². The van der Waals surface area contributed by atoms with Gasteiger partial charge in [-0.3, -0.25) is 0 Å². The fourth-order valence-electron chi connectivity index (χ4n) is 1.86. The summed E-state index contributed by atoms with van der Waals surface area (Å²) >= 11 is 0. The Morgan fingerprint density at radius 3 is 2.73 bits per heavy atom. The lowest BCUT2D eigenvalue weighted by Gasteiger charge is -2.32. The highest BCUT2D eigenvalue weighted by atomic mass is 19.1. The minimum absolute atomic E-state index is 0.0650. The second kappa shape index (κ2) is 3.87. The average Bonchev–Trinajstić information content (AvgIpc) is 2.18. The van der Waals surface area contributed by atoms with Crippen molar-refractivity contribution in [1.29, 1.82) is 0 Å². The van der Waals surface area contributed by atoms with Gasteiger partial charge in [-0.15, -0.1) is 0 Å². The Labute approximate surface area is 86.5 Å². The average molecular weight is 214 g/mol. The van der Waals surface area contributed by atoms with Crippen LogP contribution in [0.2, 0.25) is 0 Å². The molecule has 1 aliphatic rings. The van der Waals surface area contributed by atoms with Gasteiger partial charge >= 0.3 is 0 Å². The summed E-state index contributed by atoms with van der Waals surface area (Å²) in [4.78, 5) is 0. The van der Waals surface area contributed by atoms with Crippen LogP contribution in [0.5, 0.6) is 0 Å². The molecule has 2 rings (SSSR count). The summed E-state index contributed by atoms with van der Waals surface area (Å²) in [5, 5.41) is 10.1. The van der Waals surface area contributed by atoms with Gasteiger partial charge in [0.2, 0.25) is 0 Å². The number of hydrogen-bond donors (Lipinski definition) is 1. The molecule has 4 heteroatoms. The lowest BCUT2D eigenvalue weighted by atomic mass is 9.88. The highest BCUT2D eigenvalue weighted by molar-refractivity contribution is 5.25. The van der Waals surface area contributed by atoms with Crippen LogP contribution in [-0.4, -0.2) is 18.3 Å². The molecule has 0 aromatic heterocycles. The maximum absolute atomic E-state index is 13.4. The van der Waals surface area contributed by atoms with E-state index in [0.717, 1.165) is 12.1 Å². The largest absolute Gasteiger partial charge is 0.383 e. The van der Waals surface area contributed by atoms with Gasteiger partial charge in [0, 0.05) is 18.2 Å². The van der Waals surface area contributed by atoms with Crippen molar-refractivity contribution in [3.05, 3.63) is 35.4 Å². The van der Waals surface area contributed by atoms with Gasteiger partial charge in [0.05, 0.1) is 6.61 Å². The van der Waals surface area contributed by atoms with Gasteiger partial charge < -0.3 is 9.84 Å². The van der Waals surface area contributed by atoms with Crippen LogP contribution in [0.25, 0.3) is 0 Å². The van der Waals surface area contributed by atoms with Crippen molar-refractivity contribution in [2.24, 2.45) is 0 Å². The van der Waals surface area contributed by atoms with Crippen LogP contribution in [0.4, 0.5) is 8.78 Å². The molecule has 0 bridgehead atoms. The molecule has 1 fully saturated rings. The van der Waals surface area contributed by atoms with E-state index in [9.17, 15) is 13.9 Å². The number of halogens is 2. The Balaban J connectivity index is 2.35. The third kappa shape index (κ3) is 2.01. The summed E-state index contributed by atoms with van der Waals surface area (Å²) in [7, 11) is 0. The summed E-state index contributed by atoms with van der Waals surface area (Å²) < 4.78 is 31.2. The molecule has 1 atom stereocenters. The van der Waals surface area contributed by atoms with E-state index in [1.807, 2.05) is 0 Å². The molecule has 2 nitrogen and oxygen atoms in total. The quantitative estimate of drug-likeness (QED) is 0.774. The number of aliphatic hydroxyl groups is 1. The fraction of sp³-hybridized carbons (Fsp3) is 0.455. The second-order valence-corrected chi connectivity index (χ2v) is 3.81. The lowest BCUT2D eigenvalue weighted by molar-refractivity contribution is -0.0921. The van der Waals surface area contributed by atoms with E-state index in [2.05, 4.69) is 0 Å². The molecule has 0 amide bonds. The Kier molecular flexibility index (Phi) is 2.71. The molecule has 1 saturated heterocycles. The molecule has 1 aliphatic heterocycles. The highest BCUT2D eigenvalue weighted by Gasteiger charge is 2.34. The highest BCUT2D eigenvalue weighted by Crippen LogP contribution is 2.32. The number of benzene rings is 1. The molecule has 0 spiro atoms. The summed E-state index contributed by atoms with van der Waals surface area (Å²) in [5.41, 5.74) is -1.20. The van der Waals surface area contributed by atoms with Crippen molar-refractivity contribution in [2.75, 3.05) is 13.2 Å². The topological polar surface area (TPSA) is 29.5 Å². The van der Waals surface area contributed by atoms with E-state index >= 15 is 0 Å². The summed E-state index contributed by atoms with van der Waals surface area (Å²) in [6.07, 6.45) is 1.11. The Morgan fingerprint density at radius 2 is 2.13 bits per heavy atom. The van der Waals surface area contributed by atoms with Crippen LogP contribution in [0, 0.1) is 11.6 Å². The first-order valence-corrected chi connectivity index (χ1v) is 4.87. The fourth-order valence-corrected chi connectivity index (χ4v) is 1.86. The molecule has 0 aliphatic carbocycles. The van der Waals surface area contributed by atoms with Crippen LogP contribution in [0.15, 0.2) is 18.2 Å². The van der Waals surface area contributed by atoms with E-state index < -0.39 is 17.2 Å². The summed E-state index contributed by atoms with van der Waals surface area (Å²) in [6.45, 7) is 0.640. The van der Waals surface area contributed by atoms with Gasteiger partial charge in [-0.05, 0) is 18.9 Å². The molecule has 82 valence electrons. The number of hydrogen-bond acceptors (Lipinski definition) is 2. The SMILES string of the molecule is OC1(c2ccc(F)cc2F)CCCOC1. The van der Waals surface area contributed by atoms with Gasteiger partial charge in [0.1, 0.15) is 17.2 Å². The van der Waals surface area contributed by atoms with E-state index in [0.29, 0.717) is 19.4 Å². The van der Waals surface area contributed by atoms with E-state index in [1.54, 1.807) is 0 Å². The van der Waals surface area contributed by atoms with Crippen LogP contribution >= 0.6 is 0 Å². The molecule has 0 saturated carbocycles. The molecular formula is C11H12F2O2. The smallest absolute Gasteiger partial charge is 0.132 e. The van der Waals surface area contributed by atoms with Gasteiger partial charge in [0.25, 0.3) is 0 Å². The minimum Gasteiger partial charge on any atom is -0.383 e. The molecular weight excluding hydrogens is 202 g/mol. The zero-order valence-corrected chi connectivity index (χ0v) is 8.17. The van der Waals surface area contributed by atoms with Crippen LogP contribution in [0.1, 0.15) is 18.4 Å². The van der Waals surface area contributed by atoms with Crippen molar-refractivity contribution in [2.45, 2.75) is 18.4 Å². The van der Waals surface area contributed by atoms with Crippen molar-refractivity contribution >= 4 is 0 Å². The molecule has 1 unspecified atom stereocenters. The maximum Gasteiger partial charge on any atom is 0.132 e. The predicted octanol–water partition coefficient (Wildman–Crippen LogP) is 1.96. The first kappa shape index (κ1) is 10.5. The Bertz CT molecular complexity index is 360. The van der Waals surface area contributed by atoms with E-state index in [-0.39, 0.29) is 12.2 Å². The zero-order chi connectivity index (χ0) is 10.9. The number of rotatable bonds is 1. The van der Waals surface area contributed by atoms with Crippen molar-refractivity contribution in [3.8, 4) is 0 Å². The molecule has 1 aromatic rings. The second-order valence-electron chi connectivity index (χ2n) is 3.81. The van der Waals surface area contributed by atoms with E-state index in [4.69, 9.17) is 4.74 Å². The van der Waals surface area contributed by atoms with Crippen LogP contribution < -0.4 is 0 Å². The van der Waals surface area contributed by atoms with Gasteiger partial charge in [0.15, 0.2) is 0 Å². The van der Waals surface area contributed by atoms with Gasteiger partial charge in [-0.1, -0.05) is 6.07 Å². The summed E-state index contributed by atoms with van der Waals surface area (Å²) in [6, 6.07) is 3.20. The first-order chi connectivity index (χ1) is 7.12. The summed E-state index contributed by atoms with van der Waals surface area (Å²) in [5.74, 6) is -1.36. The van der Waals surface area contributed by atoms with Crippen LogP contribution in [0.3, 0.4) is 0 Å². The van der Waals surface area contributed by atoms with Gasteiger partial charge in [-0.25, -0.2) is 8.78 Å². The first-order valence-electron chi connectivity index (χ1n) is 4.87. The number of ether oxygens (including phenoxy) is 1. The molecule has 1 heterocycles. The van der Waals surface area contributed by atoms with Crippen LogP contribution in [-0.2, 0) is 10.3 Å². The third-order valence-corrected chi connectivity index (χ3v) is 2.65. The van der Waals surface area contributed by atoms with Crippen molar-refractivity contribution in [1.82, 2.24) is 0 Å². The predicted molar refractivity (Wildman–Crippen MR) is 50.3 cm³/mol. The Morgan fingerprint density at radius 1 is 1.33 bits per heavy atom. The third-order valence-electron chi connectivity index (χ3n) is 2.65. The molecule has 1 N–H and O–H groups in total. The monoisotopic (exact) mass is 214 g/mol. The standard InChI is InChI=1S/C11H12F2O2/c12-8-2-3-9(10(13)6-8)11(14)4-1-5-15-7-11/h2-3,6,14H,1,4-5,7H2. The molecule has 1 aromatic carbocycles. The van der Waals surface area contributed by atoms with Crippen molar-refractivity contribution < 1.29 is 18.6 Å². The lowest BCUT2D eigenvalue weighted by Crippen LogP contribution is -2.36. The minimum atomic E-state index is -1.31. The van der Waals surface area contributed by atoms with E-state index in [1.165, 1.54) is 6.07 Å². The Hall–Kier alpha value is -1.00. The normalized spacial score (nSPS) is 26.6. The zero-order valence-electron chi connectivity index (χ0n) is 8.17.